The molecule has 0 aliphatic carbocycles. The fraction of sp³-hybridized carbons (Fsp3) is 0.0714. The van der Waals surface area contributed by atoms with Crippen molar-refractivity contribution in [2.24, 2.45) is 0 Å². The Morgan fingerprint density at radius 2 is 2.00 bits per heavy atom. The van der Waals surface area contributed by atoms with Crippen LogP contribution in [0.1, 0.15) is 0 Å². The maximum absolute atomic E-state index is 5.38. The summed E-state index contributed by atoms with van der Waals surface area (Å²) in [5.41, 5.74) is 2.68. The Bertz CT molecular complexity index is 758. The van der Waals surface area contributed by atoms with E-state index in [-0.39, 0.29) is 6.79 Å². The van der Waals surface area contributed by atoms with Crippen LogP contribution < -0.4 is 9.47 Å². The Kier molecular flexibility index (Phi) is 2.60. The molecule has 0 unspecified atom stereocenters. The summed E-state index contributed by atoms with van der Waals surface area (Å²) >= 11 is 1.55. The molecule has 1 aromatic carbocycles. The van der Waals surface area contributed by atoms with Gasteiger partial charge in [-0.25, -0.2) is 4.98 Å². The molecule has 1 aliphatic rings. The molecular formula is C14H9N3O2S. The summed E-state index contributed by atoms with van der Waals surface area (Å²) in [6.07, 6.45) is 5.02. The van der Waals surface area contributed by atoms with E-state index in [1.54, 1.807) is 29.9 Å². The molecule has 98 valence electrons. The summed E-state index contributed by atoms with van der Waals surface area (Å²) in [5.74, 6) is 1.54. The molecule has 0 amide bonds. The van der Waals surface area contributed by atoms with E-state index >= 15 is 0 Å². The van der Waals surface area contributed by atoms with Gasteiger partial charge < -0.3 is 9.47 Å². The first-order chi connectivity index (χ1) is 9.90. The van der Waals surface area contributed by atoms with Crippen molar-refractivity contribution in [3.8, 4) is 33.5 Å². The lowest BCUT2D eigenvalue weighted by molar-refractivity contribution is 0.174. The van der Waals surface area contributed by atoms with Gasteiger partial charge in [-0.1, -0.05) is 0 Å². The number of hydrogen-bond donors (Lipinski definition) is 0. The Labute approximate surface area is 118 Å². The summed E-state index contributed by atoms with van der Waals surface area (Å²) in [6, 6.07) is 5.82. The van der Waals surface area contributed by atoms with Crippen molar-refractivity contribution in [1.29, 1.82) is 0 Å². The number of nitrogens with zero attached hydrogens (tertiary/aromatic N) is 3. The molecule has 0 spiro atoms. The summed E-state index contributed by atoms with van der Waals surface area (Å²) in [4.78, 5) is 12.9. The Morgan fingerprint density at radius 1 is 1.05 bits per heavy atom. The van der Waals surface area contributed by atoms with Gasteiger partial charge in [-0.15, -0.1) is 11.3 Å². The maximum Gasteiger partial charge on any atom is 0.231 e. The topological polar surface area (TPSA) is 57.1 Å². The molecule has 3 heterocycles. The van der Waals surface area contributed by atoms with Gasteiger partial charge in [0.25, 0.3) is 0 Å². The minimum Gasteiger partial charge on any atom is -0.454 e. The van der Waals surface area contributed by atoms with Crippen molar-refractivity contribution >= 4 is 11.3 Å². The third-order valence-electron chi connectivity index (χ3n) is 2.95. The van der Waals surface area contributed by atoms with Gasteiger partial charge in [-0.3, -0.25) is 9.97 Å². The molecule has 5 nitrogen and oxygen atoms in total. The molecule has 20 heavy (non-hydrogen) atoms. The highest BCUT2D eigenvalue weighted by molar-refractivity contribution is 7.13. The van der Waals surface area contributed by atoms with Crippen molar-refractivity contribution in [3.63, 3.8) is 0 Å². The highest BCUT2D eigenvalue weighted by Gasteiger charge is 2.15. The van der Waals surface area contributed by atoms with E-state index in [0.717, 1.165) is 33.5 Å². The monoisotopic (exact) mass is 283 g/mol. The average molecular weight is 283 g/mol. The minimum atomic E-state index is 0.278. The van der Waals surface area contributed by atoms with Crippen LogP contribution in [0, 0.1) is 0 Å². The third-order valence-corrected chi connectivity index (χ3v) is 3.82. The lowest BCUT2D eigenvalue weighted by Crippen LogP contribution is -1.92. The number of rotatable bonds is 2. The minimum absolute atomic E-state index is 0.278. The lowest BCUT2D eigenvalue weighted by Gasteiger charge is -1.99. The van der Waals surface area contributed by atoms with Crippen LogP contribution >= 0.6 is 11.3 Å². The van der Waals surface area contributed by atoms with Crippen LogP contribution in [-0.2, 0) is 0 Å². The summed E-state index contributed by atoms with van der Waals surface area (Å²) in [6.45, 7) is 0.278. The maximum atomic E-state index is 5.38. The predicted octanol–water partition coefficient (Wildman–Crippen LogP) is 3.00. The van der Waals surface area contributed by atoms with Crippen LogP contribution in [0.5, 0.6) is 11.5 Å². The largest absolute Gasteiger partial charge is 0.454 e. The number of benzene rings is 1. The SMILES string of the molecule is c1cnc(-c2nc(-c3ccc4c(c3)OCO4)cs2)cn1. The zero-order valence-electron chi connectivity index (χ0n) is 10.3. The van der Waals surface area contributed by atoms with Crippen molar-refractivity contribution in [1.82, 2.24) is 15.0 Å². The van der Waals surface area contributed by atoms with Gasteiger partial charge in [-0.05, 0) is 18.2 Å². The third kappa shape index (κ3) is 1.90. The van der Waals surface area contributed by atoms with Gasteiger partial charge in [0, 0.05) is 23.3 Å². The first-order valence-corrected chi connectivity index (χ1v) is 6.90. The highest BCUT2D eigenvalue weighted by Crippen LogP contribution is 2.36. The molecule has 3 aromatic rings. The quantitative estimate of drug-likeness (QED) is 0.723. The normalized spacial score (nSPS) is 12.6. The van der Waals surface area contributed by atoms with E-state index in [2.05, 4.69) is 15.0 Å². The van der Waals surface area contributed by atoms with Gasteiger partial charge in [0.1, 0.15) is 10.7 Å². The molecule has 0 bridgehead atoms. The number of ether oxygens (including phenoxy) is 2. The molecule has 0 radical (unpaired) electrons. The van der Waals surface area contributed by atoms with Crippen LogP contribution in [0.25, 0.3) is 22.0 Å². The van der Waals surface area contributed by atoms with Crippen LogP contribution in [0.15, 0.2) is 42.2 Å². The average Bonchev–Trinajstić information content (AvgIpc) is 3.16. The van der Waals surface area contributed by atoms with Crippen molar-refractivity contribution in [3.05, 3.63) is 42.2 Å². The molecule has 0 saturated heterocycles. The number of fused-ring (bicyclic) bond motifs is 1. The second-order valence-corrected chi connectivity index (χ2v) is 5.05. The Balaban J connectivity index is 1.72. The molecule has 6 heteroatoms. The van der Waals surface area contributed by atoms with E-state index < -0.39 is 0 Å². The first-order valence-electron chi connectivity index (χ1n) is 6.02. The van der Waals surface area contributed by atoms with Gasteiger partial charge >= 0.3 is 0 Å². The van der Waals surface area contributed by atoms with Crippen LogP contribution in [0.3, 0.4) is 0 Å². The van der Waals surface area contributed by atoms with E-state index in [1.807, 2.05) is 23.6 Å². The van der Waals surface area contributed by atoms with Gasteiger partial charge in [-0.2, -0.15) is 0 Å². The Morgan fingerprint density at radius 3 is 2.90 bits per heavy atom. The zero-order valence-corrected chi connectivity index (χ0v) is 11.1. The van der Waals surface area contributed by atoms with Gasteiger partial charge in [0.2, 0.25) is 6.79 Å². The van der Waals surface area contributed by atoms with Gasteiger partial charge in [0.15, 0.2) is 11.5 Å². The van der Waals surface area contributed by atoms with Gasteiger partial charge in [0.05, 0.1) is 11.9 Å². The number of hydrogen-bond acceptors (Lipinski definition) is 6. The smallest absolute Gasteiger partial charge is 0.231 e. The highest BCUT2D eigenvalue weighted by atomic mass is 32.1. The second kappa shape index (κ2) is 4.57. The van der Waals surface area contributed by atoms with E-state index in [9.17, 15) is 0 Å². The molecular weight excluding hydrogens is 274 g/mol. The standard InChI is InChI=1S/C14H9N3O2S/c1-2-12-13(19-8-18-12)5-9(1)11-7-20-14(17-11)10-6-15-3-4-16-10/h1-7H,8H2. The van der Waals surface area contributed by atoms with Crippen LogP contribution in [0.4, 0.5) is 0 Å². The number of thiazole rings is 1. The molecule has 1 aliphatic heterocycles. The molecule has 0 saturated carbocycles. The second-order valence-electron chi connectivity index (χ2n) is 4.20. The molecule has 4 rings (SSSR count). The fourth-order valence-corrected chi connectivity index (χ4v) is 2.78. The van der Waals surface area contributed by atoms with Crippen molar-refractivity contribution in [2.75, 3.05) is 6.79 Å². The molecule has 0 atom stereocenters. The summed E-state index contributed by atoms with van der Waals surface area (Å²) < 4.78 is 10.7. The van der Waals surface area contributed by atoms with Crippen LogP contribution in [0.2, 0.25) is 0 Å². The van der Waals surface area contributed by atoms with Crippen molar-refractivity contribution < 1.29 is 9.47 Å². The first kappa shape index (κ1) is 11.4. The van der Waals surface area contributed by atoms with Crippen molar-refractivity contribution in [2.45, 2.75) is 0 Å². The number of aromatic nitrogens is 3. The van der Waals surface area contributed by atoms with Crippen LogP contribution in [-0.4, -0.2) is 21.7 Å². The summed E-state index contributed by atoms with van der Waals surface area (Å²) in [5, 5.41) is 2.85. The lowest BCUT2D eigenvalue weighted by atomic mass is 10.1. The summed E-state index contributed by atoms with van der Waals surface area (Å²) in [7, 11) is 0. The van der Waals surface area contributed by atoms with E-state index in [0.29, 0.717) is 0 Å². The fourth-order valence-electron chi connectivity index (χ4n) is 1.99. The molecule has 0 fully saturated rings. The molecule has 0 N–H and O–H groups in total. The Hall–Kier alpha value is -2.47. The van der Waals surface area contributed by atoms with E-state index in [4.69, 9.17) is 9.47 Å². The van der Waals surface area contributed by atoms with E-state index in [1.165, 1.54) is 0 Å². The molecule has 2 aromatic heterocycles. The predicted molar refractivity (Wildman–Crippen MR) is 74.7 cm³/mol. The zero-order chi connectivity index (χ0) is 13.4.